The lowest BCUT2D eigenvalue weighted by Gasteiger charge is -2.30. The van der Waals surface area contributed by atoms with Crippen molar-refractivity contribution < 1.29 is 4.74 Å². The minimum atomic E-state index is -0.0479. The van der Waals surface area contributed by atoms with Crippen molar-refractivity contribution in [1.82, 2.24) is 0 Å². The van der Waals surface area contributed by atoms with Crippen molar-refractivity contribution in [1.29, 1.82) is 0 Å². The van der Waals surface area contributed by atoms with Gasteiger partial charge in [0.05, 0.1) is 5.60 Å². The van der Waals surface area contributed by atoms with Gasteiger partial charge in [0.1, 0.15) is 0 Å². The van der Waals surface area contributed by atoms with Crippen LogP contribution in [-0.2, 0) is 4.74 Å². The molecular weight excluding hydrogens is 162 g/mol. The Morgan fingerprint density at radius 2 is 1.69 bits per heavy atom. The molecule has 0 spiro atoms. The molecular formula is C11H25NO. The standard InChI is InChI=1S/C11H25NO/c1-4-7-8-9-13-11(5-2,6-3)10-12/h4-10,12H2,1-3H3. The van der Waals surface area contributed by atoms with Crippen LogP contribution in [0.25, 0.3) is 0 Å². The first-order valence-corrected chi connectivity index (χ1v) is 5.58. The third kappa shape index (κ3) is 4.63. The Morgan fingerprint density at radius 3 is 2.08 bits per heavy atom. The molecule has 2 N–H and O–H groups in total. The van der Waals surface area contributed by atoms with E-state index in [2.05, 4.69) is 20.8 Å². The average molecular weight is 187 g/mol. The Balaban J connectivity index is 3.68. The molecule has 2 nitrogen and oxygen atoms in total. The van der Waals surface area contributed by atoms with Crippen molar-refractivity contribution in [2.75, 3.05) is 13.2 Å². The van der Waals surface area contributed by atoms with E-state index in [0.29, 0.717) is 6.54 Å². The van der Waals surface area contributed by atoms with Gasteiger partial charge in [-0.05, 0) is 19.3 Å². The van der Waals surface area contributed by atoms with Gasteiger partial charge in [0, 0.05) is 13.2 Å². The fourth-order valence-electron chi connectivity index (χ4n) is 1.44. The van der Waals surface area contributed by atoms with Crippen molar-refractivity contribution in [3.05, 3.63) is 0 Å². The number of rotatable bonds is 8. The Hall–Kier alpha value is -0.0800. The van der Waals surface area contributed by atoms with Gasteiger partial charge in [-0.3, -0.25) is 0 Å². The molecule has 0 rings (SSSR count). The summed E-state index contributed by atoms with van der Waals surface area (Å²) in [7, 11) is 0. The molecule has 0 aliphatic heterocycles. The number of unbranched alkanes of at least 4 members (excludes halogenated alkanes) is 2. The van der Waals surface area contributed by atoms with E-state index in [0.717, 1.165) is 25.9 Å². The highest BCUT2D eigenvalue weighted by Crippen LogP contribution is 2.19. The highest BCUT2D eigenvalue weighted by Gasteiger charge is 2.24. The van der Waals surface area contributed by atoms with Crippen LogP contribution in [0.5, 0.6) is 0 Å². The van der Waals surface area contributed by atoms with Crippen LogP contribution in [0.15, 0.2) is 0 Å². The van der Waals surface area contributed by atoms with Gasteiger partial charge in [-0.25, -0.2) is 0 Å². The van der Waals surface area contributed by atoms with Gasteiger partial charge in [0.25, 0.3) is 0 Å². The Kier molecular flexibility index (Phi) is 7.29. The van der Waals surface area contributed by atoms with E-state index in [1.165, 1.54) is 12.8 Å². The molecule has 0 saturated carbocycles. The smallest absolute Gasteiger partial charge is 0.0798 e. The minimum Gasteiger partial charge on any atom is -0.374 e. The van der Waals surface area contributed by atoms with E-state index in [-0.39, 0.29) is 5.60 Å². The topological polar surface area (TPSA) is 35.2 Å². The molecule has 0 aliphatic carbocycles. The van der Waals surface area contributed by atoms with E-state index in [1.54, 1.807) is 0 Å². The summed E-state index contributed by atoms with van der Waals surface area (Å²) < 4.78 is 5.85. The third-order valence-electron chi connectivity index (χ3n) is 2.82. The molecule has 0 unspecified atom stereocenters. The van der Waals surface area contributed by atoms with Gasteiger partial charge in [-0.15, -0.1) is 0 Å². The van der Waals surface area contributed by atoms with Gasteiger partial charge >= 0.3 is 0 Å². The van der Waals surface area contributed by atoms with Gasteiger partial charge in [0.15, 0.2) is 0 Å². The molecule has 0 atom stereocenters. The van der Waals surface area contributed by atoms with Crippen molar-refractivity contribution in [3.63, 3.8) is 0 Å². The lowest BCUT2D eigenvalue weighted by Crippen LogP contribution is -2.39. The van der Waals surface area contributed by atoms with Crippen LogP contribution in [0.4, 0.5) is 0 Å². The minimum absolute atomic E-state index is 0.0479. The third-order valence-corrected chi connectivity index (χ3v) is 2.82. The zero-order valence-electron chi connectivity index (χ0n) is 9.44. The van der Waals surface area contributed by atoms with Crippen molar-refractivity contribution >= 4 is 0 Å². The molecule has 2 heteroatoms. The molecule has 13 heavy (non-hydrogen) atoms. The second-order valence-electron chi connectivity index (χ2n) is 3.65. The summed E-state index contributed by atoms with van der Waals surface area (Å²) in [4.78, 5) is 0. The van der Waals surface area contributed by atoms with Gasteiger partial charge in [-0.1, -0.05) is 33.6 Å². The molecule has 0 aromatic rings. The van der Waals surface area contributed by atoms with Gasteiger partial charge in [0.2, 0.25) is 0 Å². The summed E-state index contributed by atoms with van der Waals surface area (Å²) in [6, 6.07) is 0. The lowest BCUT2D eigenvalue weighted by molar-refractivity contribution is -0.0457. The van der Waals surface area contributed by atoms with Crippen molar-refractivity contribution in [2.45, 2.75) is 58.5 Å². The summed E-state index contributed by atoms with van der Waals surface area (Å²) in [6.07, 6.45) is 5.71. The number of ether oxygens (including phenoxy) is 1. The predicted molar refractivity (Wildman–Crippen MR) is 57.8 cm³/mol. The normalized spacial score (nSPS) is 12.0. The summed E-state index contributed by atoms with van der Waals surface area (Å²) in [6.45, 7) is 8.01. The summed E-state index contributed by atoms with van der Waals surface area (Å²) in [5.74, 6) is 0. The van der Waals surface area contributed by atoms with Crippen LogP contribution in [0.3, 0.4) is 0 Å². The Labute approximate surface area is 82.8 Å². The van der Waals surface area contributed by atoms with E-state index >= 15 is 0 Å². The average Bonchev–Trinajstić information content (AvgIpc) is 2.20. The highest BCUT2D eigenvalue weighted by molar-refractivity contribution is 4.78. The molecule has 0 bridgehead atoms. The predicted octanol–water partition coefficient (Wildman–Crippen LogP) is 2.71. The Morgan fingerprint density at radius 1 is 1.08 bits per heavy atom. The Bertz CT molecular complexity index is 102. The fraction of sp³-hybridized carbons (Fsp3) is 1.00. The van der Waals surface area contributed by atoms with Gasteiger partial charge in [-0.2, -0.15) is 0 Å². The maximum atomic E-state index is 5.85. The van der Waals surface area contributed by atoms with Crippen LogP contribution in [-0.4, -0.2) is 18.8 Å². The van der Waals surface area contributed by atoms with Crippen LogP contribution in [0.2, 0.25) is 0 Å². The maximum absolute atomic E-state index is 5.85. The number of hydrogen-bond acceptors (Lipinski definition) is 2. The maximum Gasteiger partial charge on any atom is 0.0798 e. The first kappa shape index (κ1) is 12.9. The van der Waals surface area contributed by atoms with Crippen molar-refractivity contribution in [2.24, 2.45) is 5.73 Å². The number of hydrogen-bond donors (Lipinski definition) is 1. The molecule has 0 heterocycles. The molecule has 80 valence electrons. The second-order valence-corrected chi connectivity index (χ2v) is 3.65. The quantitative estimate of drug-likeness (QED) is 0.593. The van der Waals surface area contributed by atoms with Crippen LogP contribution >= 0.6 is 0 Å². The van der Waals surface area contributed by atoms with Crippen LogP contribution in [0, 0.1) is 0 Å². The molecule has 0 aromatic heterocycles. The zero-order valence-corrected chi connectivity index (χ0v) is 9.44. The van der Waals surface area contributed by atoms with Crippen molar-refractivity contribution in [3.8, 4) is 0 Å². The summed E-state index contributed by atoms with van der Waals surface area (Å²) in [5.41, 5.74) is 5.67. The number of nitrogens with two attached hydrogens (primary N) is 1. The summed E-state index contributed by atoms with van der Waals surface area (Å²) in [5, 5.41) is 0. The first-order chi connectivity index (χ1) is 6.24. The van der Waals surface area contributed by atoms with Crippen LogP contribution < -0.4 is 5.73 Å². The lowest BCUT2D eigenvalue weighted by atomic mass is 9.97. The molecule has 0 amide bonds. The second kappa shape index (κ2) is 7.34. The molecule has 0 aliphatic rings. The molecule has 0 radical (unpaired) electrons. The SMILES string of the molecule is CCCCCOC(CC)(CC)CN. The molecule has 0 saturated heterocycles. The van der Waals surface area contributed by atoms with E-state index in [1.807, 2.05) is 0 Å². The van der Waals surface area contributed by atoms with E-state index in [4.69, 9.17) is 10.5 Å². The summed E-state index contributed by atoms with van der Waals surface area (Å²) >= 11 is 0. The largest absolute Gasteiger partial charge is 0.374 e. The first-order valence-electron chi connectivity index (χ1n) is 5.58. The zero-order chi connectivity index (χ0) is 10.2. The molecule has 0 fully saturated rings. The van der Waals surface area contributed by atoms with Gasteiger partial charge < -0.3 is 10.5 Å². The van der Waals surface area contributed by atoms with E-state index in [9.17, 15) is 0 Å². The van der Waals surface area contributed by atoms with E-state index < -0.39 is 0 Å². The monoisotopic (exact) mass is 187 g/mol. The highest BCUT2D eigenvalue weighted by atomic mass is 16.5. The molecule has 0 aromatic carbocycles. The van der Waals surface area contributed by atoms with Crippen LogP contribution in [0.1, 0.15) is 52.9 Å². The fourth-order valence-corrected chi connectivity index (χ4v) is 1.44.